The van der Waals surface area contributed by atoms with Gasteiger partial charge in [-0.15, -0.1) is 34.8 Å². The monoisotopic (exact) mass is 236 g/mol. The van der Waals surface area contributed by atoms with Gasteiger partial charge in [-0.3, -0.25) is 0 Å². The van der Waals surface area contributed by atoms with Crippen LogP contribution in [0.5, 0.6) is 0 Å². The SMILES string of the molecule is OC(CCl)C(O)C(Cl)C(O)CCl. The fraction of sp³-hybridized carbons (Fsp3) is 1.00. The number of aliphatic hydroxyl groups excluding tert-OH is 3. The van der Waals surface area contributed by atoms with Crippen molar-refractivity contribution in [3.8, 4) is 0 Å². The summed E-state index contributed by atoms with van der Waals surface area (Å²) in [6.07, 6.45) is -3.47. The first-order chi connectivity index (χ1) is 5.54. The second-order valence-corrected chi connectivity index (χ2v) is 3.50. The summed E-state index contributed by atoms with van der Waals surface area (Å²) in [6, 6.07) is 0. The Bertz CT molecular complexity index is 111. The number of aliphatic hydroxyl groups is 3. The van der Waals surface area contributed by atoms with Crippen molar-refractivity contribution in [3.63, 3.8) is 0 Å². The van der Waals surface area contributed by atoms with Crippen molar-refractivity contribution >= 4 is 34.8 Å². The molecule has 0 amide bonds. The average Bonchev–Trinajstić information content (AvgIpc) is 2.12. The Hall–Kier alpha value is 0.750. The van der Waals surface area contributed by atoms with E-state index < -0.39 is 23.7 Å². The highest BCUT2D eigenvalue weighted by Crippen LogP contribution is 2.13. The summed E-state index contributed by atoms with van der Waals surface area (Å²) < 4.78 is 0. The molecule has 0 fully saturated rings. The van der Waals surface area contributed by atoms with Crippen LogP contribution in [-0.2, 0) is 0 Å². The molecule has 0 spiro atoms. The third kappa shape index (κ3) is 3.64. The molecular weight excluding hydrogens is 226 g/mol. The zero-order valence-electron chi connectivity index (χ0n) is 6.20. The third-order valence-electron chi connectivity index (χ3n) is 1.40. The first-order valence-electron chi connectivity index (χ1n) is 3.34. The Morgan fingerprint density at radius 2 is 1.33 bits per heavy atom. The first-order valence-corrected chi connectivity index (χ1v) is 4.85. The van der Waals surface area contributed by atoms with E-state index in [-0.39, 0.29) is 11.8 Å². The maximum absolute atomic E-state index is 9.20. The second-order valence-electron chi connectivity index (χ2n) is 2.38. The van der Waals surface area contributed by atoms with Gasteiger partial charge in [0.25, 0.3) is 0 Å². The zero-order chi connectivity index (χ0) is 9.72. The minimum atomic E-state index is -1.27. The van der Waals surface area contributed by atoms with Crippen LogP contribution in [0.15, 0.2) is 0 Å². The van der Waals surface area contributed by atoms with E-state index in [0.717, 1.165) is 0 Å². The van der Waals surface area contributed by atoms with Crippen molar-refractivity contribution in [2.45, 2.75) is 23.7 Å². The summed E-state index contributed by atoms with van der Waals surface area (Å²) in [4.78, 5) is 0. The maximum Gasteiger partial charge on any atom is 0.0999 e. The number of alkyl halides is 3. The van der Waals surface area contributed by atoms with Crippen LogP contribution in [0, 0.1) is 0 Å². The van der Waals surface area contributed by atoms with Gasteiger partial charge in [0.1, 0.15) is 0 Å². The van der Waals surface area contributed by atoms with Crippen LogP contribution < -0.4 is 0 Å². The standard InChI is InChI=1S/C6H11Cl3O3/c7-1-3(10)5(9)6(12)4(11)2-8/h3-6,10-12H,1-2H2. The van der Waals surface area contributed by atoms with Crippen LogP contribution in [0.1, 0.15) is 0 Å². The van der Waals surface area contributed by atoms with Gasteiger partial charge >= 0.3 is 0 Å². The molecule has 0 aliphatic carbocycles. The van der Waals surface area contributed by atoms with Crippen LogP contribution in [0.4, 0.5) is 0 Å². The molecule has 0 rings (SSSR count). The van der Waals surface area contributed by atoms with Crippen LogP contribution in [-0.4, -0.2) is 50.8 Å². The molecule has 0 aromatic rings. The van der Waals surface area contributed by atoms with Crippen LogP contribution in [0.3, 0.4) is 0 Å². The molecule has 0 aromatic carbocycles. The molecule has 0 saturated heterocycles. The van der Waals surface area contributed by atoms with Crippen molar-refractivity contribution in [3.05, 3.63) is 0 Å². The van der Waals surface area contributed by atoms with Gasteiger partial charge < -0.3 is 15.3 Å². The topological polar surface area (TPSA) is 60.7 Å². The lowest BCUT2D eigenvalue weighted by Crippen LogP contribution is -2.42. The summed E-state index contributed by atoms with van der Waals surface area (Å²) >= 11 is 16.1. The summed E-state index contributed by atoms with van der Waals surface area (Å²) in [6.45, 7) is 0. The van der Waals surface area contributed by atoms with Gasteiger partial charge in [0, 0.05) is 5.88 Å². The third-order valence-corrected chi connectivity index (χ3v) is 2.59. The molecule has 0 saturated carbocycles. The van der Waals surface area contributed by atoms with E-state index in [0.29, 0.717) is 0 Å². The fourth-order valence-corrected chi connectivity index (χ4v) is 1.34. The second kappa shape index (κ2) is 6.24. The smallest absolute Gasteiger partial charge is 0.0999 e. The Morgan fingerprint density at radius 3 is 1.67 bits per heavy atom. The van der Waals surface area contributed by atoms with E-state index in [1.807, 2.05) is 0 Å². The molecule has 0 radical (unpaired) electrons. The number of hydrogen-bond acceptors (Lipinski definition) is 3. The summed E-state index contributed by atoms with van der Waals surface area (Å²) in [5.74, 6) is -0.236. The molecule has 12 heavy (non-hydrogen) atoms. The summed E-state index contributed by atoms with van der Waals surface area (Å²) in [7, 11) is 0. The first kappa shape index (κ1) is 12.8. The normalized spacial score (nSPS) is 21.5. The molecule has 0 aromatic heterocycles. The van der Waals surface area contributed by atoms with Crippen molar-refractivity contribution in [1.29, 1.82) is 0 Å². The quantitative estimate of drug-likeness (QED) is 0.597. The van der Waals surface area contributed by atoms with E-state index in [4.69, 9.17) is 45.0 Å². The van der Waals surface area contributed by atoms with Crippen molar-refractivity contribution in [2.75, 3.05) is 11.8 Å². The highest BCUT2D eigenvalue weighted by atomic mass is 35.5. The summed E-state index contributed by atoms with van der Waals surface area (Å²) in [5, 5.41) is 26.3. The Morgan fingerprint density at radius 1 is 0.917 bits per heavy atom. The molecule has 74 valence electrons. The minimum Gasteiger partial charge on any atom is -0.390 e. The van der Waals surface area contributed by atoms with Gasteiger partial charge in [-0.25, -0.2) is 0 Å². The lowest BCUT2D eigenvalue weighted by molar-refractivity contribution is 0.00688. The molecule has 4 unspecified atom stereocenters. The predicted octanol–water partition coefficient (Wildman–Crippen LogP) is 0.154. The van der Waals surface area contributed by atoms with E-state index in [1.54, 1.807) is 0 Å². The highest BCUT2D eigenvalue weighted by Gasteiger charge is 2.29. The average molecular weight is 238 g/mol. The molecule has 6 heteroatoms. The molecule has 3 nitrogen and oxygen atoms in total. The van der Waals surface area contributed by atoms with E-state index >= 15 is 0 Å². The van der Waals surface area contributed by atoms with Crippen molar-refractivity contribution in [2.24, 2.45) is 0 Å². The van der Waals surface area contributed by atoms with Gasteiger partial charge in [0.15, 0.2) is 0 Å². The number of hydrogen-bond donors (Lipinski definition) is 3. The van der Waals surface area contributed by atoms with Gasteiger partial charge in [-0.05, 0) is 0 Å². The van der Waals surface area contributed by atoms with Crippen LogP contribution >= 0.6 is 34.8 Å². The van der Waals surface area contributed by atoms with Gasteiger partial charge in [0.2, 0.25) is 0 Å². The van der Waals surface area contributed by atoms with Crippen molar-refractivity contribution < 1.29 is 15.3 Å². The minimum absolute atomic E-state index is 0.0970. The highest BCUT2D eigenvalue weighted by molar-refractivity contribution is 6.23. The number of halogens is 3. The molecule has 0 heterocycles. The van der Waals surface area contributed by atoms with Gasteiger partial charge in [-0.2, -0.15) is 0 Å². The molecular formula is C6H11Cl3O3. The largest absolute Gasteiger partial charge is 0.390 e. The lowest BCUT2D eigenvalue weighted by Gasteiger charge is -2.23. The molecule has 0 aliphatic heterocycles. The predicted molar refractivity (Wildman–Crippen MR) is 49.1 cm³/mol. The van der Waals surface area contributed by atoms with Gasteiger partial charge in [-0.1, -0.05) is 0 Å². The van der Waals surface area contributed by atoms with Crippen LogP contribution in [0.25, 0.3) is 0 Å². The van der Waals surface area contributed by atoms with Gasteiger partial charge in [0.05, 0.1) is 29.6 Å². The lowest BCUT2D eigenvalue weighted by atomic mass is 10.1. The number of rotatable bonds is 5. The summed E-state index contributed by atoms with van der Waals surface area (Å²) in [5.41, 5.74) is 0. The molecule has 0 aliphatic rings. The van der Waals surface area contributed by atoms with E-state index in [1.165, 1.54) is 0 Å². The fourth-order valence-electron chi connectivity index (χ4n) is 0.616. The van der Waals surface area contributed by atoms with Crippen molar-refractivity contribution in [1.82, 2.24) is 0 Å². The maximum atomic E-state index is 9.20. The van der Waals surface area contributed by atoms with E-state index in [2.05, 4.69) is 0 Å². The Balaban J connectivity index is 3.99. The molecule has 4 atom stereocenters. The Kier molecular flexibility index (Phi) is 6.63. The zero-order valence-corrected chi connectivity index (χ0v) is 8.47. The molecule has 0 bridgehead atoms. The van der Waals surface area contributed by atoms with Crippen LogP contribution in [0.2, 0.25) is 0 Å². The van der Waals surface area contributed by atoms with E-state index in [9.17, 15) is 5.11 Å². The molecule has 3 N–H and O–H groups in total. The Labute approximate surface area is 85.9 Å².